The molecule has 1 aliphatic heterocycles. The fourth-order valence-corrected chi connectivity index (χ4v) is 4.35. The van der Waals surface area contributed by atoms with Crippen LogP contribution in [0.1, 0.15) is 51.4 Å². The van der Waals surface area contributed by atoms with Crippen LogP contribution in [0.15, 0.2) is 24.8 Å². The van der Waals surface area contributed by atoms with Crippen LogP contribution in [0.4, 0.5) is 0 Å². The lowest BCUT2D eigenvalue weighted by Gasteiger charge is -2.29. The van der Waals surface area contributed by atoms with Gasteiger partial charge in [0.15, 0.2) is 0 Å². The Bertz CT molecular complexity index is 746. The molecule has 0 bridgehead atoms. The number of piperidine rings is 1. The first-order valence-corrected chi connectivity index (χ1v) is 9.82. The Balaban J connectivity index is 1.53. The molecule has 4 rings (SSSR count). The average Bonchev–Trinajstić information content (AvgIpc) is 2.94. The van der Waals surface area contributed by atoms with Gasteiger partial charge in [-0.15, -0.1) is 0 Å². The second-order valence-corrected chi connectivity index (χ2v) is 9.16. The Labute approximate surface area is 156 Å². The molecular weight excluding hydrogens is 324 g/mol. The van der Waals surface area contributed by atoms with Gasteiger partial charge < -0.3 is 9.88 Å². The first-order chi connectivity index (χ1) is 12.4. The monoisotopic (exact) mass is 356 g/mol. The minimum absolute atomic E-state index is 0.0264. The van der Waals surface area contributed by atoms with Crippen LogP contribution in [0.3, 0.4) is 0 Å². The normalized spacial score (nSPS) is 22.3. The van der Waals surface area contributed by atoms with Gasteiger partial charge in [0.25, 0.3) is 0 Å². The molecule has 1 saturated heterocycles. The summed E-state index contributed by atoms with van der Waals surface area (Å²) < 4.78 is 4.22. The molecule has 0 amide bonds. The van der Waals surface area contributed by atoms with Crippen molar-refractivity contribution < 1.29 is 0 Å². The van der Waals surface area contributed by atoms with Crippen molar-refractivity contribution in [2.75, 3.05) is 13.1 Å². The molecule has 1 atom stereocenters. The Hall–Kier alpha value is -1.66. The number of hydrogen-bond donors (Lipinski definition) is 1. The number of nitrogens with zero attached hydrogens (tertiary/aromatic N) is 5. The van der Waals surface area contributed by atoms with Crippen molar-refractivity contribution in [3.8, 4) is 0 Å². The van der Waals surface area contributed by atoms with E-state index in [0.29, 0.717) is 11.5 Å². The van der Waals surface area contributed by atoms with E-state index in [2.05, 4.69) is 63.6 Å². The van der Waals surface area contributed by atoms with Crippen LogP contribution in [-0.2, 0) is 25.7 Å². The van der Waals surface area contributed by atoms with Gasteiger partial charge in [0, 0.05) is 43.8 Å². The topological polar surface area (TPSA) is 50.9 Å². The Kier molecular flexibility index (Phi) is 4.43. The highest BCUT2D eigenvalue weighted by Crippen LogP contribution is 2.56. The van der Waals surface area contributed by atoms with E-state index in [4.69, 9.17) is 0 Å². The molecule has 1 saturated carbocycles. The predicted molar refractivity (Wildman–Crippen MR) is 103 cm³/mol. The van der Waals surface area contributed by atoms with Gasteiger partial charge in [-0.2, -0.15) is 5.10 Å². The maximum Gasteiger partial charge on any atom is 0.122 e. The summed E-state index contributed by atoms with van der Waals surface area (Å²) in [5.41, 5.74) is 1.85. The first kappa shape index (κ1) is 17.7. The van der Waals surface area contributed by atoms with Gasteiger partial charge in [0.1, 0.15) is 5.82 Å². The molecule has 0 aromatic carbocycles. The predicted octanol–water partition coefficient (Wildman–Crippen LogP) is 2.52. The number of aromatic nitrogens is 4. The highest BCUT2D eigenvalue weighted by atomic mass is 15.3. The summed E-state index contributed by atoms with van der Waals surface area (Å²) in [5.74, 6) is 1.14. The summed E-state index contributed by atoms with van der Waals surface area (Å²) in [6.45, 7) is 10.8. The van der Waals surface area contributed by atoms with E-state index in [1.54, 1.807) is 0 Å². The molecule has 142 valence electrons. The number of aryl methyl sites for hydroxylation is 1. The second-order valence-electron chi connectivity index (χ2n) is 9.16. The van der Waals surface area contributed by atoms with Crippen LogP contribution in [-0.4, -0.2) is 43.4 Å². The van der Waals surface area contributed by atoms with Gasteiger partial charge in [-0.3, -0.25) is 9.58 Å². The molecule has 26 heavy (non-hydrogen) atoms. The summed E-state index contributed by atoms with van der Waals surface area (Å²) in [4.78, 5) is 7.21. The van der Waals surface area contributed by atoms with Crippen molar-refractivity contribution in [3.63, 3.8) is 0 Å². The second kappa shape index (κ2) is 6.50. The van der Waals surface area contributed by atoms with Gasteiger partial charge in [-0.25, -0.2) is 4.98 Å². The number of rotatable bonds is 5. The molecule has 1 spiro atoms. The van der Waals surface area contributed by atoms with Gasteiger partial charge in [-0.05, 0) is 58.5 Å². The summed E-state index contributed by atoms with van der Waals surface area (Å²) in [5, 5.41) is 8.11. The van der Waals surface area contributed by atoms with E-state index in [1.807, 2.05) is 18.6 Å². The van der Waals surface area contributed by atoms with Crippen LogP contribution in [0.2, 0.25) is 0 Å². The van der Waals surface area contributed by atoms with Crippen LogP contribution in [0.5, 0.6) is 0 Å². The molecule has 2 fully saturated rings. The minimum Gasteiger partial charge on any atom is -0.337 e. The zero-order chi connectivity index (χ0) is 18.4. The molecule has 0 unspecified atom stereocenters. The Morgan fingerprint density at radius 3 is 2.65 bits per heavy atom. The fraction of sp³-hybridized carbons (Fsp3) is 0.700. The van der Waals surface area contributed by atoms with E-state index in [9.17, 15) is 0 Å². The van der Waals surface area contributed by atoms with Crippen molar-refractivity contribution in [2.45, 2.75) is 64.7 Å². The Morgan fingerprint density at radius 2 is 2.04 bits per heavy atom. The molecule has 2 aromatic heterocycles. The third-order valence-electron chi connectivity index (χ3n) is 6.16. The van der Waals surface area contributed by atoms with Crippen LogP contribution in [0.25, 0.3) is 0 Å². The molecule has 2 aliphatic rings. The molecule has 2 aromatic rings. The van der Waals surface area contributed by atoms with E-state index in [1.165, 1.54) is 24.8 Å². The number of imidazole rings is 1. The highest BCUT2D eigenvalue weighted by molar-refractivity contribution is 5.14. The molecule has 1 aliphatic carbocycles. The van der Waals surface area contributed by atoms with Crippen molar-refractivity contribution in [3.05, 3.63) is 36.2 Å². The van der Waals surface area contributed by atoms with Gasteiger partial charge in [0.05, 0.1) is 18.3 Å². The average molecular weight is 357 g/mol. The summed E-state index contributed by atoms with van der Waals surface area (Å²) in [6, 6.07) is 0.666. The number of nitrogens with one attached hydrogen (secondary N) is 1. The molecule has 0 radical (unpaired) electrons. The first-order valence-electron chi connectivity index (χ1n) is 9.82. The van der Waals surface area contributed by atoms with Gasteiger partial charge >= 0.3 is 0 Å². The highest BCUT2D eigenvalue weighted by Gasteiger charge is 2.56. The minimum atomic E-state index is 0.0264. The standard InChI is InChI=1S/C20H32N6/c1-19(2,3)26-14-16(12-23-26)13-25(15-18-22-9-10-24(18)4)17-11-20(17)5-7-21-8-6-20/h9-10,12,14,17,21H,5-8,11,13,15H2,1-4H3/t17-/m1/s1. The maximum absolute atomic E-state index is 4.60. The summed E-state index contributed by atoms with van der Waals surface area (Å²) in [7, 11) is 2.09. The van der Waals surface area contributed by atoms with E-state index in [-0.39, 0.29) is 5.54 Å². The van der Waals surface area contributed by atoms with Crippen molar-refractivity contribution in [1.82, 2.24) is 29.5 Å². The lowest BCUT2D eigenvalue weighted by atomic mass is 9.93. The zero-order valence-corrected chi connectivity index (χ0v) is 16.6. The van der Waals surface area contributed by atoms with E-state index in [0.717, 1.165) is 32.0 Å². The zero-order valence-electron chi connectivity index (χ0n) is 16.6. The lowest BCUT2D eigenvalue weighted by Crippen LogP contribution is -2.36. The molecule has 3 heterocycles. The lowest BCUT2D eigenvalue weighted by molar-refractivity contribution is 0.182. The van der Waals surface area contributed by atoms with E-state index < -0.39 is 0 Å². The molecule has 6 nitrogen and oxygen atoms in total. The smallest absolute Gasteiger partial charge is 0.122 e. The third-order valence-corrected chi connectivity index (χ3v) is 6.16. The molecule has 6 heteroatoms. The molecular formula is C20H32N6. The number of hydrogen-bond acceptors (Lipinski definition) is 4. The van der Waals surface area contributed by atoms with Gasteiger partial charge in [0.2, 0.25) is 0 Å². The molecule has 1 N–H and O–H groups in total. The van der Waals surface area contributed by atoms with Crippen molar-refractivity contribution in [1.29, 1.82) is 0 Å². The summed E-state index contributed by atoms with van der Waals surface area (Å²) >= 11 is 0. The fourth-order valence-electron chi connectivity index (χ4n) is 4.35. The third kappa shape index (κ3) is 3.45. The van der Waals surface area contributed by atoms with Crippen molar-refractivity contribution in [2.24, 2.45) is 12.5 Å². The van der Waals surface area contributed by atoms with Gasteiger partial charge in [-0.1, -0.05) is 0 Å². The van der Waals surface area contributed by atoms with Crippen LogP contribution >= 0.6 is 0 Å². The van der Waals surface area contributed by atoms with Crippen molar-refractivity contribution >= 4 is 0 Å². The van der Waals surface area contributed by atoms with Crippen LogP contribution in [0, 0.1) is 5.41 Å². The van der Waals surface area contributed by atoms with Crippen LogP contribution < -0.4 is 5.32 Å². The van der Waals surface area contributed by atoms with E-state index >= 15 is 0 Å². The quantitative estimate of drug-likeness (QED) is 0.894. The summed E-state index contributed by atoms with van der Waals surface area (Å²) in [6.07, 6.45) is 12.1. The maximum atomic E-state index is 4.60. The Morgan fingerprint density at radius 1 is 1.27 bits per heavy atom. The SMILES string of the molecule is Cn1ccnc1CN(Cc1cnn(C(C)(C)C)c1)[C@@H]1CC12CCNCC2. The largest absolute Gasteiger partial charge is 0.337 e.